The van der Waals surface area contributed by atoms with E-state index < -0.39 is 16.1 Å². The van der Waals surface area contributed by atoms with Crippen LogP contribution in [0.25, 0.3) is 0 Å². The number of nitrogens with two attached hydrogens (primary N) is 1. The lowest BCUT2D eigenvalue weighted by atomic mass is 10.1. The van der Waals surface area contributed by atoms with Crippen molar-refractivity contribution in [3.63, 3.8) is 0 Å². The molecule has 2 aromatic carbocycles. The normalized spacial score (nSPS) is 13.1. The Bertz CT molecular complexity index is 728. The van der Waals surface area contributed by atoms with Crippen molar-refractivity contribution in [1.29, 1.82) is 0 Å². The van der Waals surface area contributed by atoms with Gasteiger partial charge in [0.2, 0.25) is 10.0 Å². The van der Waals surface area contributed by atoms with Crippen molar-refractivity contribution in [2.24, 2.45) is 0 Å². The molecule has 2 rings (SSSR count). The summed E-state index contributed by atoms with van der Waals surface area (Å²) >= 11 is 9.30. The maximum Gasteiger partial charge on any atom is 0.244 e. The third kappa shape index (κ3) is 3.77. The van der Waals surface area contributed by atoms with Gasteiger partial charge in [0, 0.05) is 10.5 Å². The van der Waals surface area contributed by atoms with Gasteiger partial charge in [-0.2, -0.15) is 0 Å². The molecule has 0 aromatic heterocycles. The average molecular weight is 390 g/mol. The van der Waals surface area contributed by atoms with Crippen LogP contribution in [0.3, 0.4) is 0 Å². The summed E-state index contributed by atoms with van der Waals surface area (Å²) in [6.45, 7) is 1.76. The van der Waals surface area contributed by atoms with Crippen LogP contribution in [0.15, 0.2) is 51.8 Å². The molecule has 0 amide bonds. The van der Waals surface area contributed by atoms with Crippen LogP contribution in [0, 0.1) is 0 Å². The number of benzene rings is 2. The van der Waals surface area contributed by atoms with Gasteiger partial charge in [-0.15, -0.1) is 0 Å². The molecule has 1 atom stereocenters. The number of nitrogen functional groups attached to an aromatic ring is 1. The van der Waals surface area contributed by atoms with E-state index in [-0.39, 0.29) is 15.6 Å². The third-order valence-electron chi connectivity index (χ3n) is 2.97. The second-order valence-corrected chi connectivity index (χ2v) is 7.53. The van der Waals surface area contributed by atoms with Gasteiger partial charge in [0.25, 0.3) is 0 Å². The van der Waals surface area contributed by atoms with Crippen molar-refractivity contribution in [1.82, 2.24) is 4.72 Å². The topological polar surface area (TPSA) is 72.2 Å². The van der Waals surface area contributed by atoms with Crippen LogP contribution < -0.4 is 10.5 Å². The SMILES string of the molecule is C[C@H](NS(=O)(=O)c1c(N)cccc1Cl)c1ccc(Br)cc1. The Kier molecular flexibility index (Phi) is 4.93. The zero-order chi connectivity index (χ0) is 15.6. The second kappa shape index (κ2) is 6.36. The molecule has 0 aliphatic carbocycles. The van der Waals surface area contributed by atoms with E-state index in [0.29, 0.717) is 0 Å². The first-order valence-corrected chi connectivity index (χ1v) is 8.78. The Morgan fingerprint density at radius 2 is 1.81 bits per heavy atom. The van der Waals surface area contributed by atoms with Crippen molar-refractivity contribution in [3.8, 4) is 0 Å². The molecular formula is C14H14BrClN2O2S. The minimum Gasteiger partial charge on any atom is -0.398 e. The largest absolute Gasteiger partial charge is 0.398 e. The van der Waals surface area contributed by atoms with Crippen LogP contribution in [-0.4, -0.2) is 8.42 Å². The first kappa shape index (κ1) is 16.3. The summed E-state index contributed by atoms with van der Waals surface area (Å²) in [5, 5.41) is 0.102. The number of rotatable bonds is 4. The van der Waals surface area contributed by atoms with E-state index in [9.17, 15) is 8.42 Å². The van der Waals surface area contributed by atoms with E-state index in [1.54, 1.807) is 13.0 Å². The zero-order valence-corrected chi connectivity index (χ0v) is 14.3. The van der Waals surface area contributed by atoms with E-state index in [1.807, 2.05) is 24.3 Å². The van der Waals surface area contributed by atoms with Crippen molar-refractivity contribution < 1.29 is 8.42 Å². The standard InChI is InChI=1S/C14H14BrClN2O2S/c1-9(10-5-7-11(15)8-6-10)18-21(19,20)14-12(16)3-2-4-13(14)17/h2-9,18H,17H2,1H3/t9-/m0/s1. The first-order chi connectivity index (χ1) is 9.81. The van der Waals surface area contributed by atoms with Gasteiger partial charge in [0.1, 0.15) is 4.90 Å². The molecule has 112 valence electrons. The molecule has 0 aliphatic heterocycles. The maximum atomic E-state index is 12.4. The van der Waals surface area contributed by atoms with Gasteiger partial charge in [-0.25, -0.2) is 13.1 Å². The number of hydrogen-bond donors (Lipinski definition) is 2. The Morgan fingerprint density at radius 1 is 1.19 bits per heavy atom. The van der Waals surface area contributed by atoms with Gasteiger partial charge in [-0.05, 0) is 36.8 Å². The number of hydrogen-bond acceptors (Lipinski definition) is 3. The van der Waals surface area contributed by atoms with E-state index in [1.165, 1.54) is 12.1 Å². The highest BCUT2D eigenvalue weighted by atomic mass is 79.9. The van der Waals surface area contributed by atoms with E-state index in [4.69, 9.17) is 17.3 Å². The van der Waals surface area contributed by atoms with E-state index in [2.05, 4.69) is 20.7 Å². The summed E-state index contributed by atoms with van der Waals surface area (Å²) in [5.41, 5.74) is 6.70. The quantitative estimate of drug-likeness (QED) is 0.783. The monoisotopic (exact) mass is 388 g/mol. The molecule has 3 N–H and O–H groups in total. The lowest BCUT2D eigenvalue weighted by molar-refractivity contribution is 0.567. The highest BCUT2D eigenvalue weighted by Crippen LogP contribution is 2.28. The van der Waals surface area contributed by atoms with E-state index >= 15 is 0 Å². The van der Waals surface area contributed by atoms with Crippen molar-refractivity contribution in [3.05, 3.63) is 57.5 Å². The number of anilines is 1. The lowest BCUT2D eigenvalue weighted by Crippen LogP contribution is -2.27. The molecule has 7 heteroatoms. The van der Waals surface area contributed by atoms with Gasteiger partial charge in [0.05, 0.1) is 10.7 Å². The summed E-state index contributed by atoms with van der Waals surface area (Å²) in [5.74, 6) is 0. The number of halogens is 2. The van der Waals surface area contributed by atoms with Crippen molar-refractivity contribution in [2.45, 2.75) is 17.9 Å². The Hall–Kier alpha value is -1.08. The molecule has 0 radical (unpaired) electrons. The number of nitrogens with one attached hydrogen (secondary N) is 1. The smallest absolute Gasteiger partial charge is 0.244 e. The molecule has 0 fully saturated rings. The fourth-order valence-electron chi connectivity index (χ4n) is 1.92. The maximum absolute atomic E-state index is 12.4. The molecule has 4 nitrogen and oxygen atoms in total. The fourth-order valence-corrected chi connectivity index (χ4v) is 4.09. The molecule has 0 aliphatic rings. The predicted octanol–water partition coefficient (Wildman–Crippen LogP) is 3.72. The highest BCUT2D eigenvalue weighted by molar-refractivity contribution is 9.10. The minimum atomic E-state index is -3.80. The summed E-state index contributed by atoms with van der Waals surface area (Å²) < 4.78 is 28.4. The summed E-state index contributed by atoms with van der Waals surface area (Å²) in [6.07, 6.45) is 0. The average Bonchev–Trinajstić information content (AvgIpc) is 2.38. The fraction of sp³-hybridized carbons (Fsp3) is 0.143. The van der Waals surface area contributed by atoms with Crippen LogP contribution in [-0.2, 0) is 10.0 Å². The minimum absolute atomic E-state index is 0.0874. The predicted molar refractivity (Wildman–Crippen MR) is 88.7 cm³/mol. The molecule has 0 heterocycles. The summed E-state index contributed by atoms with van der Waals surface area (Å²) in [7, 11) is -3.80. The molecular weight excluding hydrogens is 376 g/mol. The van der Waals surface area contributed by atoms with Gasteiger partial charge in [-0.1, -0.05) is 45.7 Å². The van der Waals surface area contributed by atoms with Crippen molar-refractivity contribution in [2.75, 3.05) is 5.73 Å². The van der Waals surface area contributed by atoms with Crippen molar-refractivity contribution >= 4 is 43.2 Å². The molecule has 0 saturated heterocycles. The van der Waals surface area contributed by atoms with Crippen LogP contribution >= 0.6 is 27.5 Å². The van der Waals surface area contributed by atoms with Crippen LogP contribution in [0.4, 0.5) is 5.69 Å². The zero-order valence-electron chi connectivity index (χ0n) is 11.2. The summed E-state index contributed by atoms with van der Waals surface area (Å²) in [6, 6.07) is 11.6. The van der Waals surface area contributed by atoms with Crippen LogP contribution in [0.2, 0.25) is 5.02 Å². The van der Waals surface area contributed by atoms with E-state index in [0.717, 1.165) is 10.0 Å². The molecule has 0 unspecified atom stereocenters. The second-order valence-electron chi connectivity index (χ2n) is 4.55. The van der Waals surface area contributed by atoms with Gasteiger partial charge < -0.3 is 5.73 Å². The molecule has 0 saturated carbocycles. The third-order valence-corrected chi connectivity index (χ3v) is 5.58. The van der Waals surface area contributed by atoms with Gasteiger partial charge >= 0.3 is 0 Å². The van der Waals surface area contributed by atoms with Crippen LogP contribution in [0.5, 0.6) is 0 Å². The lowest BCUT2D eigenvalue weighted by Gasteiger charge is -2.16. The Balaban J connectivity index is 2.31. The van der Waals surface area contributed by atoms with Gasteiger partial charge in [0.15, 0.2) is 0 Å². The summed E-state index contributed by atoms with van der Waals surface area (Å²) in [4.78, 5) is -0.0874. The Morgan fingerprint density at radius 3 is 2.38 bits per heavy atom. The molecule has 21 heavy (non-hydrogen) atoms. The van der Waals surface area contributed by atoms with Crippen LogP contribution in [0.1, 0.15) is 18.5 Å². The molecule has 0 spiro atoms. The Labute approximate surface area is 137 Å². The number of sulfonamides is 1. The molecule has 0 bridgehead atoms. The highest BCUT2D eigenvalue weighted by Gasteiger charge is 2.23. The molecule has 2 aromatic rings. The first-order valence-electron chi connectivity index (χ1n) is 6.13. The van der Waals surface area contributed by atoms with Gasteiger partial charge in [-0.3, -0.25) is 0 Å².